The molecule has 0 saturated heterocycles. The molecule has 96 valence electrons. The molecule has 0 unspecified atom stereocenters. The Balaban J connectivity index is 1.47. The molecular weight excluding hydrogens is 224 g/mol. The third kappa shape index (κ3) is 2.63. The van der Waals surface area contributed by atoms with Crippen molar-refractivity contribution in [2.75, 3.05) is 11.9 Å². The summed E-state index contributed by atoms with van der Waals surface area (Å²) in [4.78, 5) is 4.42. The quantitative estimate of drug-likeness (QED) is 0.822. The first-order valence-corrected chi connectivity index (χ1v) is 6.97. The Hall–Kier alpha value is -1.58. The molecule has 0 aromatic carbocycles. The van der Waals surface area contributed by atoms with Crippen molar-refractivity contribution in [1.29, 1.82) is 0 Å². The van der Waals surface area contributed by atoms with Gasteiger partial charge in [0.15, 0.2) is 5.65 Å². The Morgan fingerprint density at radius 2 is 2.17 bits per heavy atom. The van der Waals surface area contributed by atoms with Crippen molar-refractivity contribution >= 4 is 11.6 Å². The zero-order valence-electron chi connectivity index (χ0n) is 10.7. The van der Waals surface area contributed by atoms with Crippen molar-refractivity contribution in [1.82, 2.24) is 14.6 Å². The number of pyridine rings is 1. The third-order valence-electron chi connectivity index (χ3n) is 3.79. The van der Waals surface area contributed by atoms with Gasteiger partial charge in [0.2, 0.25) is 5.95 Å². The van der Waals surface area contributed by atoms with E-state index in [0.29, 0.717) is 0 Å². The molecule has 2 aromatic rings. The summed E-state index contributed by atoms with van der Waals surface area (Å²) < 4.78 is 1.80. The van der Waals surface area contributed by atoms with Crippen LogP contribution in [0, 0.1) is 5.92 Å². The lowest BCUT2D eigenvalue weighted by molar-refractivity contribution is 0.491. The number of rotatable bonds is 5. The van der Waals surface area contributed by atoms with Crippen LogP contribution in [0.4, 0.5) is 5.95 Å². The molecule has 4 heteroatoms. The van der Waals surface area contributed by atoms with E-state index in [0.717, 1.165) is 24.1 Å². The second-order valence-electron chi connectivity index (χ2n) is 5.16. The van der Waals surface area contributed by atoms with Crippen LogP contribution in [0.25, 0.3) is 5.65 Å². The number of nitrogens with one attached hydrogen (secondary N) is 1. The van der Waals surface area contributed by atoms with Crippen molar-refractivity contribution in [3.05, 3.63) is 24.4 Å². The van der Waals surface area contributed by atoms with Gasteiger partial charge in [-0.3, -0.25) is 0 Å². The van der Waals surface area contributed by atoms with Gasteiger partial charge in [-0.05, 0) is 30.9 Å². The van der Waals surface area contributed by atoms with E-state index in [1.165, 1.54) is 38.5 Å². The van der Waals surface area contributed by atoms with Crippen LogP contribution in [-0.2, 0) is 0 Å². The number of hydrogen-bond acceptors (Lipinski definition) is 3. The maximum Gasteiger partial charge on any atom is 0.243 e. The zero-order chi connectivity index (χ0) is 12.2. The molecule has 1 aliphatic rings. The molecule has 0 aliphatic heterocycles. The second-order valence-corrected chi connectivity index (χ2v) is 5.16. The van der Waals surface area contributed by atoms with Gasteiger partial charge in [0.1, 0.15) is 0 Å². The van der Waals surface area contributed by atoms with E-state index in [2.05, 4.69) is 15.4 Å². The number of nitrogens with zero attached hydrogens (tertiary/aromatic N) is 3. The van der Waals surface area contributed by atoms with E-state index in [1.807, 2.05) is 24.4 Å². The Morgan fingerprint density at radius 1 is 1.28 bits per heavy atom. The highest BCUT2D eigenvalue weighted by Crippen LogP contribution is 2.28. The number of hydrogen-bond donors (Lipinski definition) is 1. The first kappa shape index (κ1) is 11.5. The van der Waals surface area contributed by atoms with Crippen molar-refractivity contribution in [3.63, 3.8) is 0 Å². The first-order chi connectivity index (χ1) is 8.92. The van der Waals surface area contributed by atoms with Crippen LogP contribution in [0.5, 0.6) is 0 Å². The van der Waals surface area contributed by atoms with Gasteiger partial charge in [-0.15, -0.1) is 5.10 Å². The highest BCUT2D eigenvalue weighted by Gasteiger charge is 2.14. The van der Waals surface area contributed by atoms with Gasteiger partial charge in [-0.2, -0.15) is 4.98 Å². The molecular formula is C14H20N4. The van der Waals surface area contributed by atoms with Gasteiger partial charge < -0.3 is 5.32 Å². The summed E-state index contributed by atoms with van der Waals surface area (Å²) in [7, 11) is 0. The maximum absolute atomic E-state index is 4.42. The van der Waals surface area contributed by atoms with Crippen LogP contribution in [0.1, 0.15) is 38.5 Å². The molecule has 1 fully saturated rings. The predicted octanol–water partition coefficient (Wildman–Crippen LogP) is 3.11. The average Bonchev–Trinajstić information content (AvgIpc) is 3.03. The fourth-order valence-electron chi connectivity index (χ4n) is 2.80. The lowest BCUT2D eigenvalue weighted by Gasteiger charge is -2.07. The van der Waals surface area contributed by atoms with Gasteiger partial charge in [0.05, 0.1) is 0 Å². The Morgan fingerprint density at radius 3 is 3.00 bits per heavy atom. The fraction of sp³-hybridized carbons (Fsp3) is 0.571. The highest BCUT2D eigenvalue weighted by molar-refractivity contribution is 5.42. The monoisotopic (exact) mass is 244 g/mol. The van der Waals surface area contributed by atoms with Crippen LogP contribution in [0.2, 0.25) is 0 Å². The molecule has 2 heterocycles. The van der Waals surface area contributed by atoms with Crippen molar-refractivity contribution in [3.8, 4) is 0 Å². The topological polar surface area (TPSA) is 42.2 Å². The molecule has 1 aliphatic carbocycles. The SMILES string of the molecule is c1ccn2nc(NCCCC3CCCC3)nc2c1. The summed E-state index contributed by atoms with van der Waals surface area (Å²) in [6.45, 7) is 0.980. The fourth-order valence-corrected chi connectivity index (χ4v) is 2.80. The maximum atomic E-state index is 4.42. The predicted molar refractivity (Wildman–Crippen MR) is 72.7 cm³/mol. The number of fused-ring (bicyclic) bond motifs is 1. The highest BCUT2D eigenvalue weighted by atomic mass is 15.3. The molecule has 0 spiro atoms. The average molecular weight is 244 g/mol. The molecule has 0 bridgehead atoms. The van der Waals surface area contributed by atoms with E-state index in [4.69, 9.17) is 0 Å². The molecule has 2 aromatic heterocycles. The van der Waals surface area contributed by atoms with E-state index in [-0.39, 0.29) is 0 Å². The van der Waals surface area contributed by atoms with Crippen molar-refractivity contribution in [2.24, 2.45) is 5.92 Å². The minimum absolute atomic E-state index is 0.743. The van der Waals surface area contributed by atoms with Crippen molar-refractivity contribution in [2.45, 2.75) is 38.5 Å². The molecule has 18 heavy (non-hydrogen) atoms. The molecule has 4 nitrogen and oxygen atoms in total. The van der Waals surface area contributed by atoms with Crippen molar-refractivity contribution < 1.29 is 0 Å². The summed E-state index contributed by atoms with van der Waals surface area (Å²) >= 11 is 0. The standard InChI is InChI=1S/C14H20N4/c1-2-7-12(6-1)8-5-10-15-14-16-13-9-3-4-11-18(13)17-14/h3-4,9,11-12H,1-2,5-8,10H2,(H,15,17). The van der Waals surface area contributed by atoms with Gasteiger partial charge in [-0.25, -0.2) is 4.52 Å². The summed E-state index contributed by atoms with van der Waals surface area (Å²) in [5.74, 6) is 1.72. The minimum Gasteiger partial charge on any atom is -0.353 e. The molecule has 0 amide bonds. The summed E-state index contributed by atoms with van der Waals surface area (Å²) in [5, 5.41) is 7.69. The van der Waals surface area contributed by atoms with Crippen LogP contribution in [-0.4, -0.2) is 21.1 Å². The number of aromatic nitrogens is 3. The third-order valence-corrected chi connectivity index (χ3v) is 3.79. The van der Waals surface area contributed by atoms with Crippen LogP contribution < -0.4 is 5.32 Å². The molecule has 0 atom stereocenters. The Labute approximate surface area is 107 Å². The minimum atomic E-state index is 0.743. The van der Waals surface area contributed by atoms with E-state index in [1.54, 1.807) is 4.52 Å². The smallest absolute Gasteiger partial charge is 0.243 e. The zero-order valence-corrected chi connectivity index (χ0v) is 10.7. The summed E-state index contributed by atoms with van der Waals surface area (Å²) in [5.41, 5.74) is 0.899. The van der Waals surface area contributed by atoms with Crippen LogP contribution in [0.3, 0.4) is 0 Å². The van der Waals surface area contributed by atoms with E-state index in [9.17, 15) is 0 Å². The molecule has 0 radical (unpaired) electrons. The summed E-state index contributed by atoms with van der Waals surface area (Å²) in [6, 6.07) is 5.91. The molecule has 1 saturated carbocycles. The molecule has 3 rings (SSSR count). The van der Waals surface area contributed by atoms with Crippen LogP contribution >= 0.6 is 0 Å². The van der Waals surface area contributed by atoms with Gasteiger partial charge >= 0.3 is 0 Å². The first-order valence-electron chi connectivity index (χ1n) is 6.97. The van der Waals surface area contributed by atoms with E-state index >= 15 is 0 Å². The Kier molecular flexibility index (Phi) is 3.44. The lowest BCUT2D eigenvalue weighted by atomic mass is 10.0. The Bertz CT molecular complexity index is 466. The lowest BCUT2D eigenvalue weighted by Crippen LogP contribution is -2.05. The summed E-state index contributed by atoms with van der Waals surface area (Å²) in [6.07, 6.45) is 10.2. The van der Waals surface area contributed by atoms with Gasteiger partial charge in [0, 0.05) is 12.7 Å². The van der Waals surface area contributed by atoms with Gasteiger partial charge in [-0.1, -0.05) is 31.7 Å². The number of anilines is 1. The van der Waals surface area contributed by atoms with Crippen LogP contribution in [0.15, 0.2) is 24.4 Å². The normalized spacial score (nSPS) is 16.4. The second kappa shape index (κ2) is 5.38. The van der Waals surface area contributed by atoms with Gasteiger partial charge in [0.25, 0.3) is 0 Å². The molecule has 1 N–H and O–H groups in total. The largest absolute Gasteiger partial charge is 0.353 e. The van der Waals surface area contributed by atoms with E-state index < -0.39 is 0 Å².